The zero-order valence-electron chi connectivity index (χ0n) is 81.1. The Morgan fingerprint density at radius 3 is 0.963 bits per heavy atom. The van der Waals surface area contributed by atoms with Gasteiger partial charge in [0, 0.05) is 161 Å². The van der Waals surface area contributed by atoms with Crippen LogP contribution in [0.1, 0.15) is 111 Å². The van der Waals surface area contributed by atoms with Crippen molar-refractivity contribution in [2.24, 2.45) is 0 Å². The fraction of sp³-hybridized carbons (Fsp3) is 0.143. The summed E-state index contributed by atoms with van der Waals surface area (Å²) in [6.07, 6.45) is 1.87. The quantitative estimate of drug-likeness (QED) is 0.128. The summed E-state index contributed by atoms with van der Waals surface area (Å²) in [5.74, 6) is 0. The number of aryl methyl sites for hydroxylation is 6. The van der Waals surface area contributed by atoms with E-state index >= 15 is 0 Å². The van der Waals surface area contributed by atoms with E-state index in [1.165, 1.54) is 183 Å². The van der Waals surface area contributed by atoms with E-state index in [4.69, 9.17) is 0 Å². The van der Waals surface area contributed by atoms with E-state index < -0.39 is 0 Å². The smallest absolute Gasteiger partial charge is 0.0562 e. The summed E-state index contributed by atoms with van der Waals surface area (Å²) in [5.41, 5.74) is 38.7. The molecule has 0 N–H and O–H groups in total. The fourth-order valence-corrected chi connectivity index (χ4v) is 18.9. The first-order chi connectivity index (χ1) is 65.8. The van der Waals surface area contributed by atoms with Crippen LogP contribution in [0.4, 0.5) is 56.9 Å². The first-order valence-corrected chi connectivity index (χ1v) is 47.4. The molecule has 0 saturated carbocycles. The molecule has 22 aromatic rings. The van der Waals surface area contributed by atoms with Gasteiger partial charge in [0.15, 0.2) is 0 Å². The zero-order valence-corrected chi connectivity index (χ0v) is 86.8. The van der Waals surface area contributed by atoms with E-state index in [9.17, 15) is 0 Å². The molecule has 136 heavy (non-hydrogen) atoms. The Bertz CT molecular complexity index is 7570. The Labute approximate surface area is 854 Å². The third-order valence-corrected chi connectivity index (χ3v) is 25.2. The Morgan fingerprint density at radius 2 is 0.566 bits per heavy atom. The summed E-state index contributed by atoms with van der Waals surface area (Å²) in [6.45, 7) is 28.8. The van der Waals surface area contributed by atoms with Crippen LogP contribution in [0.2, 0.25) is 0 Å². The molecule has 0 saturated heterocycles. The summed E-state index contributed by atoms with van der Waals surface area (Å²) >= 11 is 0. The summed E-state index contributed by atoms with van der Waals surface area (Å²) < 4.78 is 9.62. The van der Waals surface area contributed by atoms with Gasteiger partial charge in [0.1, 0.15) is 0 Å². The molecule has 24 rings (SSSR count). The van der Waals surface area contributed by atoms with Gasteiger partial charge in [-0.05, 0) is 206 Å². The maximum absolute atomic E-state index is 3.70. The summed E-state index contributed by atoms with van der Waals surface area (Å²) in [4.78, 5) is 8.95. The molecule has 6 heterocycles. The molecule has 4 aromatic heterocycles. The fourth-order valence-electron chi connectivity index (χ4n) is 18.9. The second-order valence-electron chi connectivity index (χ2n) is 33.5. The second-order valence-corrected chi connectivity index (χ2v) is 33.5. The standard InChI is InChI=1S/2C32H24N2.2C27H22N2.4C2H6.2Y/c1-21-11-15-23(16-12-21)33-29-9-5-3-7-25(29)27-19-28-26-8-4-6-10-30(26)34(32(28)20-31(27)33)24-17-13-22(2)14-18-24;1-21-11-15-23(16-12-21)33-27-9-5-3-7-25(27)31-29(33)19-20-30-32(31)26-8-4-6-10-28(26)34(30)24-17-13-22(2)14-18-24;1-20-12-15-24(16-13-20)29(23-9-4-3-5-10-23)25-17-14-22-18-21-8-6-7-11-26(21)28(2)27(22)19-25;1-20-12-14-24(15-13-20)29(23-9-4-3-5-10-23)25-16-17-27-22(19-25)18-21-8-6-7-11-26(21)28(27)2;4*1-2;;/h2*3-20H,1-2H3;3-9,11-17H,18H2,1-2H3;3-9,11-15,17,19H,18H2,1-2H3;4*1-2H3;;/q;;2*-2;;;;;;. The molecule has 0 fully saturated rings. The van der Waals surface area contributed by atoms with Crippen molar-refractivity contribution in [3.63, 3.8) is 0 Å². The van der Waals surface area contributed by atoms with Crippen LogP contribution in [0.25, 0.3) is 110 Å². The summed E-state index contributed by atoms with van der Waals surface area (Å²) in [6, 6.07) is 153. The van der Waals surface area contributed by atoms with Crippen molar-refractivity contribution in [1.29, 1.82) is 0 Å². The first kappa shape index (κ1) is 97.1. The number of benzene rings is 18. The third-order valence-electron chi connectivity index (χ3n) is 25.2. The van der Waals surface area contributed by atoms with Gasteiger partial charge >= 0.3 is 0 Å². The minimum absolute atomic E-state index is 0. The predicted octanol–water partition coefficient (Wildman–Crippen LogP) is 34.6. The van der Waals surface area contributed by atoms with Gasteiger partial charge in [-0.15, -0.1) is 41.5 Å². The molecular weight excluding hydrogens is 1800 g/mol. The van der Waals surface area contributed by atoms with Crippen LogP contribution in [-0.2, 0) is 78.3 Å². The van der Waals surface area contributed by atoms with Crippen molar-refractivity contribution < 1.29 is 65.4 Å². The van der Waals surface area contributed by atoms with Gasteiger partial charge in [0.2, 0.25) is 0 Å². The Morgan fingerprint density at radius 1 is 0.235 bits per heavy atom. The van der Waals surface area contributed by atoms with Gasteiger partial charge in [-0.2, -0.15) is 66.7 Å². The van der Waals surface area contributed by atoms with Crippen LogP contribution in [0.5, 0.6) is 0 Å². The third kappa shape index (κ3) is 19.2. The van der Waals surface area contributed by atoms with Crippen molar-refractivity contribution in [3.05, 3.63) is 468 Å². The molecule has 0 unspecified atom stereocenters. The monoisotopic (exact) mass is 1920 g/mol. The van der Waals surface area contributed by atoms with E-state index in [0.717, 1.165) is 52.7 Å². The number of rotatable bonds is 10. The minimum Gasteiger partial charge on any atom is -0.397 e. The molecule has 8 nitrogen and oxygen atoms in total. The molecule has 2 radical (unpaired) electrons. The molecular formula is C126H116N8Y2-4. The van der Waals surface area contributed by atoms with Crippen molar-refractivity contribution >= 4 is 144 Å². The molecule has 2 aliphatic heterocycles. The summed E-state index contributed by atoms with van der Waals surface area (Å²) in [5, 5.41) is 10.3. The van der Waals surface area contributed by atoms with Crippen molar-refractivity contribution in [2.75, 3.05) is 33.7 Å². The number of aromatic nitrogens is 4. The number of nitrogens with zero attached hydrogens (tertiary/aromatic N) is 8. The SMILES string of the molecule is CC.CC.CC.CC.Cc1ccc(-n2c3ccccc3c3c4c5ccccc5n(-c5ccc(C)cc5)c4ccc32)cc1.Cc1ccc(-n2c3ccccc3c3cc4c5ccccc5n(-c5ccc(C)cc5)c4cc32)cc1.Cc1ccc(N(c2[c-]cccc2)c2[c-]c3c(cc2)Cc2ccccc2N3C)cc1.Cc1ccc(N(c2[c-]cccc2)c2[c-]cc3c(c2)Cc2ccccc2N3C)cc1.[Y].[Y]. The number of hydrogen-bond donors (Lipinski definition) is 0. The van der Waals surface area contributed by atoms with Gasteiger partial charge in [-0.3, -0.25) is 0 Å². The molecule has 0 amide bonds. The molecule has 0 spiro atoms. The van der Waals surface area contributed by atoms with E-state index in [0.29, 0.717) is 0 Å². The van der Waals surface area contributed by atoms with Crippen LogP contribution >= 0.6 is 0 Å². The average molecular weight is 1920 g/mol. The molecule has 10 heteroatoms. The van der Waals surface area contributed by atoms with Crippen molar-refractivity contribution in [3.8, 4) is 22.7 Å². The van der Waals surface area contributed by atoms with Crippen LogP contribution in [0, 0.1) is 65.8 Å². The molecule has 0 atom stereocenters. The largest absolute Gasteiger partial charge is 0.397 e. The van der Waals surface area contributed by atoms with E-state index in [-0.39, 0.29) is 65.4 Å². The molecule has 670 valence electrons. The molecule has 18 aromatic carbocycles. The molecule has 0 bridgehead atoms. The molecule has 0 aliphatic carbocycles. The zero-order chi connectivity index (χ0) is 93.2. The topological polar surface area (TPSA) is 32.7 Å². The van der Waals surface area contributed by atoms with E-state index in [1.807, 2.05) is 85.7 Å². The summed E-state index contributed by atoms with van der Waals surface area (Å²) in [7, 11) is 4.26. The maximum Gasteiger partial charge on any atom is 0.0562 e. The van der Waals surface area contributed by atoms with Crippen molar-refractivity contribution in [2.45, 2.75) is 110 Å². The number of hydrogen-bond acceptors (Lipinski definition) is 4. The van der Waals surface area contributed by atoms with Gasteiger partial charge in [0.05, 0.1) is 44.1 Å². The van der Waals surface area contributed by atoms with E-state index in [1.54, 1.807) is 0 Å². The van der Waals surface area contributed by atoms with E-state index in [2.05, 4.69) is 476 Å². The van der Waals surface area contributed by atoms with Gasteiger partial charge in [-0.1, -0.05) is 305 Å². The first-order valence-electron chi connectivity index (χ1n) is 47.4. The Kier molecular flexibility index (Phi) is 31.4. The molecule has 2 aliphatic rings. The van der Waals surface area contributed by atoms with Crippen LogP contribution < -0.4 is 19.6 Å². The Balaban J connectivity index is 0.000000134. The average Bonchev–Trinajstić information content (AvgIpc) is 1.39. The minimum atomic E-state index is 0. The van der Waals surface area contributed by atoms with Crippen LogP contribution in [0.3, 0.4) is 0 Å². The number of fused-ring (bicyclic) bond motifs is 17. The van der Waals surface area contributed by atoms with Gasteiger partial charge in [-0.25, -0.2) is 0 Å². The Hall–Kier alpha value is -13.4. The van der Waals surface area contributed by atoms with Crippen molar-refractivity contribution in [1.82, 2.24) is 18.3 Å². The normalized spacial score (nSPS) is 11.3. The van der Waals surface area contributed by atoms with Gasteiger partial charge in [0.25, 0.3) is 0 Å². The predicted molar refractivity (Wildman–Crippen MR) is 576 cm³/mol. The number of para-hydroxylation sites is 8. The maximum atomic E-state index is 3.70. The second kappa shape index (κ2) is 43.9. The van der Waals surface area contributed by atoms with Crippen LogP contribution in [0.15, 0.2) is 388 Å². The number of anilines is 10. The van der Waals surface area contributed by atoms with Gasteiger partial charge < -0.3 is 37.9 Å². The van der Waals surface area contributed by atoms with Crippen LogP contribution in [-0.4, -0.2) is 32.4 Å².